The van der Waals surface area contributed by atoms with Crippen LogP contribution in [0.5, 0.6) is 0 Å². The first-order valence-corrected chi connectivity index (χ1v) is 7.96. The van der Waals surface area contributed by atoms with Crippen molar-refractivity contribution in [2.24, 2.45) is 0 Å². The zero-order valence-electron chi connectivity index (χ0n) is 12.3. The summed E-state index contributed by atoms with van der Waals surface area (Å²) < 4.78 is 13.2. The highest BCUT2D eigenvalue weighted by Crippen LogP contribution is 2.31. The first kappa shape index (κ1) is 15.6. The predicted octanol–water partition coefficient (Wildman–Crippen LogP) is 2.39. The van der Waals surface area contributed by atoms with Gasteiger partial charge in [-0.3, -0.25) is 9.69 Å². The highest BCUT2D eigenvalue weighted by Gasteiger charge is 2.49. The van der Waals surface area contributed by atoms with Crippen LogP contribution in [-0.2, 0) is 10.3 Å². The van der Waals surface area contributed by atoms with Gasteiger partial charge in [-0.15, -0.1) is 0 Å². The van der Waals surface area contributed by atoms with E-state index in [1.54, 1.807) is 24.4 Å². The fraction of sp³-hybridized carbons (Fsp3) is 0.250. The Morgan fingerprint density at radius 3 is 2.83 bits per heavy atom. The molecule has 3 rings (SSSR count). The molecular weight excluding hydrogens is 319 g/mol. The second kappa shape index (κ2) is 5.75. The molecule has 0 bridgehead atoms. The molecule has 1 aromatic carbocycles. The van der Waals surface area contributed by atoms with Crippen molar-refractivity contribution >= 4 is 23.3 Å². The lowest BCUT2D eigenvalue weighted by Gasteiger charge is -2.22. The number of aliphatic hydroxyl groups is 1. The Labute approximate surface area is 136 Å². The van der Waals surface area contributed by atoms with Gasteiger partial charge in [0.1, 0.15) is 11.4 Å². The van der Waals surface area contributed by atoms with E-state index in [0.29, 0.717) is 11.1 Å². The maximum absolute atomic E-state index is 13.2. The minimum atomic E-state index is -1.15. The summed E-state index contributed by atoms with van der Waals surface area (Å²) in [7, 11) is 0. The number of nitrogens with one attached hydrogen (secondary N) is 1. The van der Waals surface area contributed by atoms with Crippen LogP contribution in [0, 0.1) is 5.82 Å². The van der Waals surface area contributed by atoms with E-state index >= 15 is 0 Å². The standard InChI is InChI=1S/C16H15FN2O3S/c1-16(11-5-6-23-9-11)14(21)19(15(22)18-16)8-13(20)10-3-2-4-12(17)7-10/h2-7,9,13,20H,8H2,1H3,(H,18,22)/t13-,16+/m0/s1. The largest absolute Gasteiger partial charge is 0.387 e. The fourth-order valence-corrected chi connectivity index (χ4v) is 3.36. The van der Waals surface area contributed by atoms with Gasteiger partial charge in [-0.25, -0.2) is 9.18 Å². The second-order valence-corrected chi connectivity index (χ2v) is 6.33. The Morgan fingerprint density at radius 2 is 2.17 bits per heavy atom. The number of rotatable bonds is 4. The van der Waals surface area contributed by atoms with Gasteiger partial charge < -0.3 is 10.4 Å². The van der Waals surface area contributed by atoms with E-state index in [2.05, 4.69) is 5.32 Å². The number of carbonyl (C=O) groups is 2. The van der Waals surface area contributed by atoms with Crippen LogP contribution in [0.2, 0.25) is 0 Å². The van der Waals surface area contributed by atoms with E-state index in [4.69, 9.17) is 0 Å². The Morgan fingerprint density at radius 1 is 1.39 bits per heavy atom. The van der Waals surface area contributed by atoms with Crippen LogP contribution in [0.3, 0.4) is 0 Å². The summed E-state index contributed by atoms with van der Waals surface area (Å²) >= 11 is 1.43. The summed E-state index contributed by atoms with van der Waals surface area (Å²) in [6.07, 6.45) is -1.15. The molecule has 23 heavy (non-hydrogen) atoms. The van der Waals surface area contributed by atoms with Gasteiger partial charge in [0.2, 0.25) is 0 Å². The molecule has 7 heteroatoms. The first-order chi connectivity index (χ1) is 10.9. The summed E-state index contributed by atoms with van der Waals surface area (Å²) in [5.41, 5.74) is -0.128. The van der Waals surface area contributed by atoms with Gasteiger partial charge >= 0.3 is 6.03 Å². The quantitative estimate of drug-likeness (QED) is 0.844. The van der Waals surface area contributed by atoms with Gasteiger partial charge in [0, 0.05) is 0 Å². The molecule has 2 aromatic rings. The van der Waals surface area contributed by atoms with Gasteiger partial charge in [0.15, 0.2) is 0 Å². The Balaban J connectivity index is 1.81. The Hall–Kier alpha value is -2.25. The molecule has 1 aliphatic rings. The van der Waals surface area contributed by atoms with Gasteiger partial charge in [-0.1, -0.05) is 12.1 Å². The highest BCUT2D eigenvalue weighted by atomic mass is 32.1. The molecule has 1 fully saturated rings. The topological polar surface area (TPSA) is 69.6 Å². The third-order valence-corrected chi connectivity index (χ3v) is 4.65. The molecule has 5 nitrogen and oxygen atoms in total. The van der Waals surface area contributed by atoms with E-state index < -0.39 is 29.4 Å². The molecule has 2 atom stereocenters. The first-order valence-electron chi connectivity index (χ1n) is 7.02. The molecule has 0 spiro atoms. The van der Waals surface area contributed by atoms with Crippen molar-refractivity contribution in [3.05, 3.63) is 58.0 Å². The van der Waals surface area contributed by atoms with Gasteiger partial charge in [-0.2, -0.15) is 11.3 Å². The number of β-amino-alcohol motifs (C(OH)–C–C–N with tert-alkyl or cyclic N) is 1. The molecule has 2 N–H and O–H groups in total. The molecule has 3 amide bonds. The van der Waals surface area contributed by atoms with Crippen molar-refractivity contribution in [3.8, 4) is 0 Å². The average Bonchev–Trinajstić information content (AvgIpc) is 3.12. The monoisotopic (exact) mass is 334 g/mol. The maximum Gasteiger partial charge on any atom is 0.325 e. The average molecular weight is 334 g/mol. The lowest BCUT2D eigenvalue weighted by atomic mass is 9.95. The zero-order chi connectivity index (χ0) is 16.6. The number of imide groups is 1. The number of aliphatic hydroxyl groups excluding tert-OH is 1. The zero-order valence-corrected chi connectivity index (χ0v) is 13.1. The molecule has 120 valence electrons. The molecule has 1 saturated heterocycles. The van der Waals surface area contributed by atoms with E-state index in [9.17, 15) is 19.1 Å². The van der Waals surface area contributed by atoms with E-state index in [1.807, 2.05) is 5.38 Å². The number of urea groups is 1. The van der Waals surface area contributed by atoms with Crippen LogP contribution < -0.4 is 5.32 Å². The normalized spacial score (nSPS) is 22.3. The minimum Gasteiger partial charge on any atom is -0.387 e. The summed E-state index contributed by atoms with van der Waals surface area (Å²) in [4.78, 5) is 25.7. The summed E-state index contributed by atoms with van der Waals surface area (Å²) in [6, 6.07) is 6.66. The Kier molecular flexibility index (Phi) is 3.91. The number of benzene rings is 1. The van der Waals surface area contributed by atoms with Crippen LogP contribution >= 0.6 is 11.3 Å². The maximum atomic E-state index is 13.2. The molecule has 0 unspecified atom stereocenters. The Bertz CT molecular complexity index is 750. The number of amides is 3. The van der Waals surface area contributed by atoms with Crippen molar-refractivity contribution in [1.82, 2.24) is 10.2 Å². The van der Waals surface area contributed by atoms with E-state index in [1.165, 1.54) is 29.5 Å². The van der Waals surface area contributed by atoms with Gasteiger partial charge in [0.05, 0.1) is 12.6 Å². The van der Waals surface area contributed by atoms with Crippen molar-refractivity contribution < 1.29 is 19.1 Å². The van der Waals surface area contributed by atoms with Crippen molar-refractivity contribution in [1.29, 1.82) is 0 Å². The number of hydrogen-bond acceptors (Lipinski definition) is 4. The van der Waals surface area contributed by atoms with Crippen LogP contribution in [0.4, 0.5) is 9.18 Å². The van der Waals surface area contributed by atoms with E-state index in [0.717, 1.165) is 4.90 Å². The number of hydrogen-bond donors (Lipinski definition) is 2. The van der Waals surface area contributed by atoms with Crippen LogP contribution in [0.1, 0.15) is 24.2 Å². The van der Waals surface area contributed by atoms with Crippen molar-refractivity contribution in [2.75, 3.05) is 6.54 Å². The minimum absolute atomic E-state index is 0.228. The second-order valence-electron chi connectivity index (χ2n) is 5.55. The van der Waals surface area contributed by atoms with E-state index in [-0.39, 0.29) is 6.54 Å². The van der Waals surface area contributed by atoms with Crippen LogP contribution in [0.25, 0.3) is 0 Å². The van der Waals surface area contributed by atoms with Gasteiger partial charge in [0.25, 0.3) is 5.91 Å². The van der Waals surface area contributed by atoms with Crippen LogP contribution in [-0.4, -0.2) is 28.5 Å². The third kappa shape index (κ3) is 2.73. The number of carbonyl (C=O) groups excluding carboxylic acids is 2. The van der Waals surface area contributed by atoms with Crippen LogP contribution in [0.15, 0.2) is 41.1 Å². The predicted molar refractivity (Wildman–Crippen MR) is 83.3 cm³/mol. The number of nitrogens with zero attached hydrogens (tertiary/aromatic N) is 1. The molecule has 1 aromatic heterocycles. The molecule has 0 radical (unpaired) electrons. The molecule has 0 aliphatic carbocycles. The highest BCUT2D eigenvalue weighted by molar-refractivity contribution is 7.08. The summed E-state index contributed by atoms with van der Waals surface area (Å²) in [6.45, 7) is 1.40. The fourth-order valence-electron chi connectivity index (χ4n) is 2.60. The summed E-state index contributed by atoms with van der Waals surface area (Å²) in [5, 5.41) is 16.5. The molecule has 2 heterocycles. The van der Waals surface area contributed by atoms with Crippen molar-refractivity contribution in [2.45, 2.75) is 18.6 Å². The van der Waals surface area contributed by atoms with Gasteiger partial charge in [-0.05, 0) is 47.0 Å². The third-order valence-electron chi connectivity index (χ3n) is 3.96. The smallest absolute Gasteiger partial charge is 0.325 e. The number of halogens is 1. The molecule has 1 aliphatic heterocycles. The summed E-state index contributed by atoms with van der Waals surface area (Å²) in [5.74, 6) is -0.918. The van der Waals surface area contributed by atoms with Crippen molar-refractivity contribution in [3.63, 3.8) is 0 Å². The number of thiophene rings is 1. The molecular formula is C16H15FN2O3S. The molecule has 0 saturated carbocycles. The lowest BCUT2D eigenvalue weighted by molar-refractivity contribution is -0.132. The lowest BCUT2D eigenvalue weighted by Crippen LogP contribution is -2.41. The SMILES string of the molecule is C[C@]1(c2ccsc2)NC(=O)N(C[C@H](O)c2cccc(F)c2)C1=O.